The first kappa shape index (κ1) is 20.0. The van der Waals surface area contributed by atoms with E-state index >= 15 is 0 Å². The van der Waals surface area contributed by atoms with Gasteiger partial charge in [-0.15, -0.1) is 0 Å². The predicted octanol–water partition coefficient (Wildman–Crippen LogP) is 4.63. The summed E-state index contributed by atoms with van der Waals surface area (Å²) in [5.41, 5.74) is -0.0749. The van der Waals surface area contributed by atoms with Gasteiger partial charge in [0.05, 0.1) is 12.0 Å². The van der Waals surface area contributed by atoms with Crippen molar-refractivity contribution in [2.75, 3.05) is 13.2 Å². The number of aliphatic hydroxyl groups excluding tert-OH is 1. The molecule has 0 atom stereocenters. The molecule has 5 nitrogen and oxygen atoms in total. The monoisotopic (exact) mass is 360 g/mol. The second kappa shape index (κ2) is 10.7. The molecule has 142 valence electrons. The third-order valence-corrected chi connectivity index (χ3v) is 4.22. The van der Waals surface area contributed by atoms with E-state index in [-0.39, 0.29) is 17.9 Å². The van der Waals surface area contributed by atoms with Crippen molar-refractivity contribution in [3.63, 3.8) is 0 Å². The molecule has 0 amide bonds. The van der Waals surface area contributed by atoms with Crippen LogP contribution >= 0.6 is 0 Å². The standard InChI is InChI=1S/C21H28O5/c1-2-3-4-5-6-7-10-18-20(23)17-12-11-16(25-14-9-8-13-22)15-19(17)26-21(18)24/h7,10-12,15,22-23H,2-6,8-9,13-14H2,1H3. The first-order valence-electron chi connectivity index (χ1n) is 9.37. The lowest BCUT2D eigenvalue weighted by Crippen LogP contribution is -2.04. The molecule has 2 aromatic rings. The smallest absolute Gasteiger partial charge is 0.347 e. The quantitative estimate of drug-likeness (QED) is 0.451. The summed E-state index contributed by atoms with van der Waals surface area (Å²) in [7, 11) is 0. The molecule has 0 aliphatic heterocycles. The number of aromatic hydroxyl groups is 1. The normalized spacial score (nSPS) is 11.5. The van der Waals surface area contributed by atoms with Gasteiger partial charge < -0.3 is 19.4 Å². The Bertz CT molecular complexity index is 776. The van der Waals surface area contributed by atoms with Crippen LogP contribution in [0.15, 0.2) is 33.5 Å². The maximum atomic E-state index is 12.2. The van der Waals surface area contributed by atoms with Gasteiger partial charge in [0.1, 0.15) is 22.6 Å². The van der Waals surface area contributed by atoms with Gasteiger partial charge in [-0.25, -0.2) is 4.79 Å². The molecule has 0 aliphatic carbocycles. The minimum absolute atomic E-state index is 0.0621. The van der Waals surface area contributed by atoms with E-state index < -0.39 is 5.63 Å². The number of unbranched alkanes of at least 4 members (excludes halogenated alkanes) is 5. The number of benzene rings is 1. The van der Waals surface area contributed by atoms with Crippen molar-refractivity contribution in [1.29, 1.82) is 0 Å². The highest BCUT2D eigenvalue weighted by Crippen LogP contribution is 2.30. The molecule has 1 aromatic carbocycles. The number of fused-ring (bicyclic) bond motifs is 1. The van der Waals surface area contributed by atoms with Crippen LogP contribution < -0.4 is 10.4 Å². The van der Waals surface area contributed by atoms with Crippen LogP contribution in [0.1, 0.15) is 57.4 Å². The minimum atomic E-state index is -0.558. The van der Waals surface area contributed by atoms with Gasteiger partial charge in [0.2, 0.25) is 0 Å². The van der Waals surface area contributed by atoms with Crippen molar-refractivity contribution >= 4 is 17.0 Å². The fourth-order valence-electron chi connectivity index (χ4n) is 2.71. The van der Waals surface area contributed by atoms with E-state index in [0.29, 0.717) is 29.7 Å². The van der Waals surface area contributed by atoms with Gasteiger partial charge in [-0.3, -0.25) is 0 Å². The zero-order valence-electron chi connectivity index (χ0n) is 15.4. The Morgan fingerprint density at radius 1 is 1.15 bits per heavy atom. The largest absolute Gasteiger partial charge is 0.506 e. The van der Waals surface area contributed by atoms with Crippen LogP contribution in [0.25, 0.3) is 17.0 Å². The fourth-order valence-corrected chi connectivity index (χ4v) is 2.71. The van der Waals surface area contributed by atoms with Crippen LogP contribution in [0.2, 0.25) is 0 Å². The van der Waals surface area contributed by atoms with Gasteiger partial charge >= 0.3 is 5.63 Å². The van der Waals surface area contributed by atoms with Gasteiger partial charge in [-0.05, 0) is 43.9 Å². The molecule has 0 radical (unpaired) electrons. The van der Waals surface area contributed by atoms with Crippen LogP contribution in [-0.2, 0) is 0 Å². The molecular formula is C21H28O5. The summed E-state index contributed by atoms with van der Waals surface area (Å²) in [6.45, 7) is 2.78. The maximum Gasteiger partial charge on any atom is 0.347 e. The Kier molecular flexibility index (Phi) is 8.22. The zero-order valence-corrected chi connectivity index (χ0v) is 15.4. The zero-order chi connectivity index (χ0) is 18.8. The van der Waals surface area contributed by atoms with E-state index in [4.69, 9.17) is 14.3 Å². The van der Waals surface area contributed by atoms with Gasteiger partial charge in [0.25, 0.3) is 0 Å². The van der Waals surface area contributed by atoms with Crippen molar-refractivity contribution in [2.24, 2.45) is 0 Å². The lowest BCUT2D eigenvalue weighted by Gasteiger charge is -2.08. The molecule has 2 rings (SSSR count). The van der Waals surface area contributed by atoms with Crippen LogP contribution in [0.3, 0.4) is 0 Å². The molecule has 0 saturated heterocycles. The van der Waals surface area contributed by atoms with Gasteiger partial charge in [-0.1, -0.05) is 32.3 Å². The molecule has 0 fully saturated rings. The lowest BCUT2D eigenvalue weighted by atomic mass is 10.1. The van der Waals surface area contributed by atoms with Gasteiger partial charge in [0, 0.05) is 12.7 Å². The van der Waals surface area contributed by atoms with E-state index in [1.807, 2.05) is 6.08 Å². The number of hydrogen-bond donors (Lipinski definition) is 2. The first-order valence-corrected chi connectivity index (χ1v) is 9.37. The highest BCUT2D eigenvalue weighted by atomic mass is 16.5. The molecule has 0 saturated carbocycles. The first-order chi connectivity index (χ1) is 12.7. The van der Waals surface area contributed by atoms with Crippen LogP contribution in [0.5, 0.6) is 11.5 Å². The molecule has 0 spiro atoms. The van der Waals surface area contributed by atoms with E-state index in [0.717, 1.165) is 19.3 Å². The number of rotatable bonds is 11. The van der Waals surface area contributed by atoms with Crippen LogP contribution in [0, 0.1) is 0 Å². The van der Waals surface area contributed by atoms with Crippen molar-refractivity contribution in [3.8, 4) is 11.5 Å². The van der Waals surface area contributed by atoms with Crippen LogP contribution in [-0.4, -0.2) is 23.4 Å². The molecule has 2 N–H and O–H groups in total. The fraction of sp³-hybridized carbons (Fsp3) is 0.476. The van der Waals surface area contributed by atoms with Crippen LogP contribution in [0.4, 0.5) is 0 Å². The Hall–Kier alpha value is -2.27. The average Bonchev–Trinajstić information content (AvgIpc) is 2.63. The predicted molar refractivity (Wildman–Crippen MR) is 104 cm³/mol. The van der Waals surface area contributed by atoms with E-state index in [2.05, 4.69) is 6.92 Å². The van der Waals surface area contributed by atoms with Gasteiger partial charge in [-0.2, -0.15) is 0 Å². The lowest BCUT2D eigenvalue weighted by molar-refractivity contribution is 0.253. The number of allylic oxidation sites excluding steroid dienone is 1. The molecule has 0 unspecified atom stereocenters. The molecule has 26 heavy (non-hydrogen) atoms. The number of hydrogen-bond acceptors (Lipinski definition) is 5. The Morgan fingerprint density at radius 2 is 2.00 bits per heavy atom. The minimum Gasteiger partial charge on any atom is -0.506 e. The Morgan fingerprint density at radius 3 is 2.77 bits per heavy atom. The summed E-state index contributed by atoms with van der Waals surface area (Å²) in [4.78, 5) is 12.2. The summed E-state index contributed by atoms with van der Waals surface area (Å²) < 4.78 is 10.9. The third-order valence-electron chi connectivity index (χ3n) is 4.22. The molecule has 1 heterocycles. The summed E-state index contributed by atoms with van der Waals surface area (Å²) in [6, 6.07) is 5.03. The van der Waals surface area contributed by atoms with E-state index in [9.17, 15) is 9.90 Å². The summed E-state index contributed by atoms with van der Waals surface area (Å²) in [5, 5.41) is 19.7. The Labute approximate surface area is 153 Å². The van der Waals surface area contributed by atoms with Crippen molar-refractivity contribution < 1.29 is 19.4 Å². The highest BCUT2D eigenvalue weighted by Gasteiger charge is 2.12. The molecular weight excluding hydrogens is 332 g/mol. The average molecular weight is 360 g/mol. The highest BCUT2D eigenvalue weighted by molar-refractivity contribution is 5.87. The Balaban J connectivity index is 2.11. The topological polar surface area (TPSA) is 79.9 Å². The van der Waals surface area contributed by atoms with E-state index in [1.165, 1.54) is 19.3 Å². The molecule has 0 aliphatic rings. The third kappa shape index (κ3) is 5.63. The molecule has 5 heteroatoms. The second-order valence-electron chi connectivity index (χ2n) is 6.34. The summed E-state index contributed by atoms with van der Waals surface area (Å²) >= 11 is 0. The maximum absolute atomic E-state index is 12.2. The van der Waals surface area contributed by atoms with Crippen molar-refractivity contribution in [1.82, 2.24) is 0 Å². The van der Waals surface area contributed by atoms with E-state index in [1.54, 1.807) is 24.3 Å². The SMILES string of the molecule is CCCCCCC=Cc1c(O)c2ccc(OCCCCO)cc2oc1=O. The second-order valence-corrected chi connectivity index (χ2v) is 6.34. The number of aliphatic hydroxyl groups is 1. The van der Waals surface area contributed by atoms with Crippen molar-refractivity contribution in [3.05, 3.63) is 40.3 Å². The number of ether oxygens (including phenoxy) is 1. The molecule has 1 aromatic heterocycles. The van der Waals surface area contributed by atoms with Crippen molar-refractivity contribution in [2.45, 2.75) is 51.9 Å². The summed E-state index contributed by atoms with van der Waals surface area (Å²) in [5.74, 6) is 0.505. The van der Waals surface area contributed by atoms with Gasteiger partial charge in [0.15, 0.2) is 0 Å². The molecule has 0 bridgehead atoms. The summed E-state index contributed by atoms with van der Waals surface area (Å²) in [6.07, 6.45) is 10.5.